The minimum Gasteiger partial charge on any atom is -0.486 e. The summed E-state index contributed by atoms with van der Waals surface area (Å²) in [7, 11) is 0. The van der Waals surface area contributed by atoms with Crippen molar-refractivity contribution in [3.05, 3.63) is 40.4 Å². The minimum atomic E-state index is 0.433. The predicted octanol–water partition coefficient (Wildman–Crippen LogP) is 4.14. The van der Waals surface area contributed by atoms with E-state index < -0.39 is 0 Å². The molecule has 0 radical (unpaired) electrons. The Labute approximate surface area is 125 Å². The summed E-state index contributed by atoms with van der Waals surface area (Å²) in [5, 5.41) is 0.976. The molecule has 2 N–H and O–H groups in total. The van der Waals surface area contributed by atoms with Crippen LogP contribution in [0.25, 0.3) is 0 Å². The van der Waals surface area contributed by atoms with Gasteiger partial charge in [0.25, 0.3) is 0 Å². The van der Waals surface area contributed by atoms with Crippen LogP contribution in [0.4, 0.5) is 5.69 Å². The van der Waals surface area contributed by atoms with Crippen molar-refractivity contribution in [3.63, 3.8) is 0 Å². The zero-order chi connectivity index (χ0) is 14.1. The Morgan fingerprint density at radius 1 is 0.950 bits per heavy atom. The zero-order valence-electron chi connectivity index (χ0n) is 10.4. The number of halogens is 2. The van der Waals surface area contributed by atoms with Gasteiger partial charge in [-0.05, 0) is 12.1 Å². The first kappa shape index (κ1) is 13.2. The van der Waals surface area contributed by atoms with Crippen LogP contribution >= 0.6 is 23.2 Å². The van der Waals surface area contributed by atoms with Gasteiger partial charge in [-0.3, -0.25) is 0 Å². The van der Waals surface area contributed by atoms with E-state index in [0.29, 0.717) is 51.9 Å². The molecule has 6 heteroatoms. The number of fused-ring (bicyclic) bond motifs is 1. The average Bonchev–Trinajstić information content (AvgIpc) is 2.43. The van der Waals surface area contributed by atoms with Crippen LogP contribution in [-0.2, 0) is 0 Å². The summed E-state index contributed by atoms with van der Waals surface area (Å²) in [5.41, 5.74) is 6.38. The lowest BCUT2D eigenvalue weighted by atomic mass is 10.2. The minimum absolute atomic E-state index is 0.433. The summed E-state index contributed by atoms with van der Waals surface area (Å²) >= 11 is 12.0. The SMILES string of the molecule is Nc1cc2c(cc1Oc1cc(Cl)ccc1Cl)OCCO2. The first-order chi connectivity index (χ1) is 9.63. The molecule has 0 aliphatic carbocycles. The van der Waals surface area contributed by atoms with E-state index in [-0.39, 0.29) is 0 Å². The molecule has 20 heavy (non-hydrogen) atoms. The topological polar surface area (TPSA) is 53.7 Å². The van der Waals surface area contributed by atoms with E-state index in [1.807, 2.05) is 0 Å². The molecule has 0 atom stereocenters. The number of benzene rings is 2. The Bertz CT molecular complexity index is 661. The number of anilines is 1. The number of ether oxygens (including phenoxy) is 3. The van der Waals surface area contributed by atoms with Gasteiger partial charge in [-0.15, -0.1) is 0 Å². The molecule has 4 nitrogen and oxygen atoms in total. The molecule has 1 aliphatic rings. The van der Waals surface area contributed by atoms with Gasteiger partial charge in [0, 0.05) is 23.2 Å². The highest BCUT2D eigenvalue weighted by atomic mass is 35.5. The van der Waals surface area contributed by atoms with E-state index in [4.69, 9.17) is 43.1 Å². The smallest absolute Gasteiger partial charge is 0.165 e. The van der Waals surface area contributed by atoms with Crippen molar-refractivity contribution in [2.45, 2.75) is 0 Å². The van der Waals surface area contributed by atoms with Crippen LogP contribution in [0.3, 0.4) is 0 Å². The molecule has 0 bridgehead atoms. The van der Waals surface area contributed by atoms with Gasteiger partial charge in [-0.2, -0.15) is 0 Å². The average molecular weight is 312 g/mol. The molecule has 0 fully saturated rings. The standard InChI is InChI=1S/C14H11Cl2NO3/c15-8-1-2-9(16)11(5-8)20-12-7-14-13(6-10(12)17)18-3-4-19-14/h1-2,5-7H,3-4,17H2. The molecule has 0 amide bonds. The molecule has 0 saturated heterocycles. The summed E-state index contributed by atoms with van der Waals surface area (Å²) in [4.78, 5) is 0. The fraction of sp³-hybridized carbons (Fsp3) is 0.143. The lowest BCUT2D eigenvalue weighted by molar-refractivity contribution is 0.171. The number of hydrogen-bond acceptors (Lipinski definition) is 4. The molecule has 104 valence electrons. The first-order valence-corrected chi connectivity index (χ1v) is 6.71. The first-order valence-electron chi connectivity index (χ1n) is 5.95. The molecule has 3 rings (SSSR count). The van der Waals surface area contributed by atoms with Crippen molar-refractivity contribution in [1.82, 2.24) is 0 Å². The number of rotatable bonds is 2. The third kappa shape index (κ3) is 2.57. The molecular weight excluding hydrogens is 301 g/mol. The highest BCUT2D eigenvalue weighted by Gasteiger charge is 2.16. The zero-order valence-corrected chi connectivity index (χ0v) is 11.9. The molecule has 0 unspecified atom stereocenters. The van der Waals surface area contributed by atoms with Gasteiger partial charge in [0.15, 0.2) is 17.2 Å². The van der Waals surface area contributed by atoms with E-state index in [1.54, 1.807) is 30.3 Å². The monoisotopic (exact) mass is 311 g/mol. The lowest BCUT2D eigenvalue weighted by Crippen LogP contribution is -2.15. The maximum atomic E-state index is 6.06. The van der Waals surface area contributed by atoms with Crippen LogP contribution in [0.1, 0.15) is 0 Å². The second-order valence-corrected chi connectivity index (χ2v) is 5.05. The summed E-state index contributed by atoms with van der Waals surface area (Å²) in [6.07, 6.45) is 0. The van der Waals surface area contributed by atoms with E-state index in [0.717, 1.165) is 0 Å². The van der Waals surface area contributed by atoms with Crippen LogP contribution in [0.5, 0.6) is 23.0 Å². The summed E-state index contributed by atoms with van der Waals surface area (Å²) in [6.45, 7) is 1.00. The molecular formula is C14H11Cl2NO3. The van der Waals surface area contributed by atoms with E-state index in [9.17, 15) is 0 Å². The van der Waals surface area contributed by atoms with Gasteiger partial charge in [-0.1, -0.05) is 23.2 Å². The molecule has 2 aromatic rings. The van der Waals surface area contributed by atoms with Gasteiger partial charge in [0.1, 0.15) is 19.0 Å². The summed E-state index contributed by atoms with van der Waals surface area (Å²) in [5.74, 6) is 2.08. The summed E-state index contributed by atoms with van der Waals surface area (Å²) in [6, 6.07) is 8.32. The maximum absolute atomic E-state index is 6.06. The fourth-order valence-corrected chi connectivity index (χ4v) is 2.17. The Morgan fingerprint density at radius 2 is 1.65 bits per heavy atom. The Morgan fingerprint density at radius 3 is 2.40 bits per heavy atom. The highest BCUT2D eigenvalue weighted by molar-refractivity contribution is 6.34. The molecule has 0 spiro atoms. The van der Waals surface area contributed by atoms with Crippen LogP contribution in [0, 0.1) is 0 Å². The van der Waals surface area contributed by atoms with E-state index in [1.165, 1.54) is 0 Å². The molecule has 0 saturated carbocycles. The van der Waals surface area contributed by atoms with Gasteiger partial charge >= 0.3 is 0 Å². The van der Waals surface area contributed by atoms with Crippen LogP contribution in [0.2, 0.25) is 10.0 Å². The van der Waals surface area contributed by atoms with Gasteiger partial charge < -0.3 is 19.9 Å². The number of nitrogen functional groups attached to an aromatic ring is 1. The normalized spacial score (nSPS) is 13.1. The van der Waals surface area contributed by atoms with Crippen molar-refractivity contribution in [1.29, 1.82) is 0 Å². The summed E-state index contributed by atoms with van der Waals surface area (Å²) < 4.78 is 16.6. The Hall–Kier alpha value is -1.78. The van der Waals surface area contributed by atoms with Crippen molar-refractivity contribution >= 4 is 28.9 Å². The maximum Gasteiger partial charge on any atom is 0.165 e. The van der Waals surface area contributed by atoms with Crippen LogP contribution < -0.4 is 19.9 Å². The Balaban J connectivity index is 1.96. The number of nitrogens with two attached hydrogens (primary N) is 1. The number of hydrogen-bond donors (Lipinski definition) is 1. The molecule has 2 aromatic carbocycles. The van der Waals surface area contributed by atoms with Crippen molar-refractivity contribution in [2.75, 3.05) is 18.9 Å². The highest BCUT2D eigenvalue weighted by Crippen LogP contribution is 2.41. The molecule has 1 aliphatic heterocycles. The predicted molar refractivity (Wildman–Crippen MR) is 78.4 cm³/mol. The Kier molecular flexibility index (Phi) is 3.51. The fourth-order valence-electron chi connectivity index (χ4n) is 1.85. The second-order valence-electron chi connectivity index (χ2n) is 4.21. The van der Waals surface area contributed by atoms with Crippen LogP contribution in [-0.4, -0.2) is 13.2 Å². The van der Waals surface area contributed by atoms with E-state index >= 15 is 0 Å². The molecule has 1 heterocycles. The molecule has 0 aromatic heterocycles. The quantitative estimate of drug-likeness (QED) is 0.847. The van der Waals surface area contributed by atoms with E-state index in [2.05, 4.69) is 0 Å². The van der Waals surface area contributed by atoms with Gasteiger partial charge in [0.05, 0.1) is 10.7 Å². The van der Waals surface area contributed by atoms with Crippen LogP contribution in [0.15, 0.2) is 30.3 Å². The second kappa shape index (κ2) is 5.31. The van der Waals surface area contributed by atoms with Crippen molar-refractivity contribution in [2.24, 2.45) is 0 Å². The third-order valence-electron chi connectivity index (χ3n) is 2.79. The third-order valence-corrected chi connectivity index (χ3v) is 3.34. The van der Waals surface area contributed by atoms with Crippen molar-refractivity contribution in [3.8, 4) is 23.0 Å². The van der Waals surface area contributed by atoms with Gasteiger partial charge in [-0.25, -0.2) is 0 Å². The van der Waals surface area contributed by atoms with Crippen molar-refractivity contribution < 1.29 is 14.2 Å². The van der Waals surface area contributed by atoms with Gasteiger partial charge in [0.2, 0.25) is 0 Å². The lowest BCUT2D eigenvalue weighted by Gasteiger charge is -2.20. The largest absolute Gasteiger partial charge is 0.486 e.